The van der Waals surface area contributed by atoms with Crippen molar-refractivity contribution in [1.29, 1.82) is 0 Å². The van der Waals surface area contributed by atoms with Crippen LogP contribution in [0.4, 0.5) is 4.39 Å². The first kappa shape index (κ1) is 11.4. The third-order valence-electron chi connectivity index (χ3n) is 1.58. The van der Waals surface area contributed by atoms with Crippen LogP contribution in [0.15, 0.2) is 18.2 Å². The Bertz CT molecular complexity index is 309. The van der Waals surface area contributed by atoms with Crippen molar-refractivity contribution in [1.82, 2.24) is 0 Å². The third-order valence-corrected chi connectivity index (χ3v) is 1.94. The summed E-state index contributed by atoms with van der Waals surface area (Å²) in [4.78, 5) is 0. The van der Waals surface area contributed by atoms with Crippen molar-refractivity contribution in [3.05, 3.63) is 24.0 Å². The van der Waals surface area contributed by atoms with Crippen molar-refractivity contribution in [3.63, 3.8) is 0 Å². The Morgan fingerprint density at radius 3 is 2.79 bits per heavy atom. The number of halogens is 1. The van der Waals surface area contributed by atoms with Crippen LogP contribution in [0.1, 0.15) is 0 Å². The van der Waals surface area contributed by atoms with Gasteiger partial charge in [0.1, 0.15) is 17.5 Å². The lowest BCUT2D eigenvalue weighted by Gasteiger charge is -2.09. The molecule has 0 radical (unpaired) electrons. The Kier molecular flexibility index (Phi) is 4.25. The Balaban J connectivity index is 2.90. The lowest BCUT2D eigenvalue weighted by molar-refractivity contribution is 0.387. The molecule has 0 aliphatic rings. The van der Waals surface area contributed by atoms with Gasteiger partial charge in [0.2, 0.25) is 0 Å². The summed E-state index contributed by atoms with van der Waals surface area (Å²) in [5.74, 6) is 0.145. The average molecular weight is 216 g/mol. The number of hydrogen-bond donors (Lipinski definition) is 2. The molecule has 1 aromatic carbocycles. The minimum Gasteiger partial charge on any atom is -0.483 e. The van der Waals surface area contributed by atoms with E-state index in [0.29, 0.717) is 5.94 Å². The maximum absolute atomic E-state index is 12.7. The van der Waals surface area contributed by atoms with Gasteiger partial charge >= 0.3 is 7.12 Å². The second kappa shape index (κ2) is 5.24. The molecule has 0 bridgehead atoms. The van der Waals surface area contributed by atoms with Crippen LogP contribution >= 0.6 is 11.8 Å². The summed E-state index contributed by atoms with van der Waals surface area (Å²) < 4.78 is 17.9. The topological polar surface area (TPSA) is 49.7 Å². The summed E-state index contributed by atoms with van der Waals surface area (Å²) in [7, 11) is -1.72. The molecular formula is C8H10BFO3S. The molecule has 76 valence electrons. The average Bonchev–Trinajstić information content (AvgIpc) is 2.15. The van der Waals surface area contributed by atoms with E-state index in [9.17, 15) is 4.39 Å². The highest BCUT2D eigenvalue weighted by atomic mass is 32.2. The number of ether oxygens (including phenoxy) is 1. The molecule has 0 unspecified atom stereocenters. The van der Waals surface area contributed by atoms with Gasteiger partial charge in [-0.15, -0.1) is 11.8 Å². The monoisotopic (exact) mass is 216 g/mol. The molecule has 0 heterocycles. The summed E-state index contributed by atoms with van der Waals surface area (Å²) in [5, 5.41) is 17.9. The van der Waals surface area contributed by atoms with E-state index >= 15 is 0 Å². The molecule has 0 aliphatic heterocycles. The molecule has 0 aromatic heterocycles. The molecule has 6 heteroatoms. The highest BCUT2D eigenvalue weighted by molar-refractivity contribution is 7.98. The molecular weight excluding hydrogens is 206 g/mol. The summed E-state index contributed by atoms with van der Waals surface area (Å²) in [5.41, 5.74) is 0.0408. The van der Waals surface area contributed by atoms with Gasteiger partial charge in [-0.25, -0.2) is 4.39 Å². The molecule has 0 atom stereocenters. The van der Waals surface area contributed by atoms with Gasteiger partial charge in [0.25, 0.3) is 0 Å². The van der Waals surface area contributed by atoms with Crippen LogP contribution in [-0.2, 0) is 0 Å². The van der Waals surface area contributed by atoms with E-state index in [1.807, 2.05) is 6.26 Å². The minimum absolute atomic E-state index is 0.0408. The predicted octanol–water partition coefficient (Wildman–Crippen LogP) is 0.205. The van der Waals surface area contributed by atoms with Crippen molar-refractivity contribution in [3.8, 4) is 5.75 Å². The van der Waals surface area contributed by atoms with Crippen molar-refractivity contribution < 1.29 is 19.2 Å². The highest BCUT2D eigenvalue weighted by Crippen LogP contribution is 2.11. The number of hydrogen-bond acceptors (Lipinski definition) is 4. The lowest BCUT2D eigenvalue weighted by Crippen LogP contribution is -2.31. The Morgan fingerprint density at radius 1 is 1.50 bits per heavy atom. The van der Waals surface area contributed by atoms with Crippen LogP contribution in [0.25, 0.3) is 0 Å². The van der Waals surface area contributed by atoms with Crippen LogP contribution in [-0.4, -0.2) is 29.4 Å². The molecule has 0 aliphatic carbocycles. The zero-order valence-electron chi connectivity index (χ0n) is 7.61. The van der Waals surface area contributed by atoms with E-state index < -0.39 is 12.9 Å². The van der Waals surface area contributed by atoms with Crippen LogP contribution < -0.4 is 10.2 Å². The Labute approximate surface area is 86.0 Å². The predicted molar refractivity (Wildman–Crippen MR) is 55.2 cm³/mol. The van der Waals surface area contributed by atoms with Gasteiger partial charge in [0.05, 0.1) is 0 Å². The zero-order chi connectivity index (χ0) is 10.6. The van der Waals surface area contributed by atoms with Crippen molar-refractivity contribution >= 4 is 24.3 Å². The molecule has 1 aromatic rings. The van der Waals surface area contributed by atoms with Crippen molar-refractivity contribution in [2.75, 3.05) is 12.2 Å². The van der Waals surface area contributed by atoms with E-state index in [4.69, 9.17) is 14.8 Å². The minimum atomic E-state index is -1.72. The molecule has 14 heavy (non-hydrogen) atoms. The summed E-state index contributed by atoms with van der Waals surface area (Å²) in [6, 6.07) is 3.63. The maximum atomic E-state index is 12.7. The fraction of sp³-hybridized carbons (Fsp3) is 0.250. The van der Waals surface area contributed by atoms with Crippen LogP contribution in [0, 0.1) is 5.82 Å². The van der Waals surface area contributed by atoms with E-state index in [2.05, 4.69) is 0 Å². The number of benzene rings is 1. The van der Waals surface area contributed by atoms with E-state index in [1.54, 1.807) is 0 Å². The van der Waals surface area contributed by atoms with Gasteiger partial charge < -0.3 is 14.8 Å². The summed E-state index contributed by atoms with van der Waals surface area (Å²) >= 11 is 1.44. The Morgan fingerprint density at radius 2 is 2.21 bits per heavy atom. The van der Waals surface area contributed by atoms with E-state index in [-0.39, 0.29) is 11.2 Å². The lowest BCUT2D eigenvalue weighted by atomic mass is 9.79. The molecule has 0 spiro atoms. The van der Waals surface area contributed by atoms with Crippen molar-refractivity contribution in [2.45, 2.75) is 0 Å². The first-order chi connectivity index (χ1) is 6.65. The highest BCUT2D eigenvalue weighted by Gasteiger charge is 2.17. The normalized spacial score (nSPS) is 10.0. The Hall–Kier alpha value is -0.715. The molecule has 0 saturated carbocycles. The molecule has 2 N–H and O–H groups in total. The standard InChI is InChI=1S/C8H10BFO3S/c1-14-5-13-8-3-2-6(10)4-7(8)9(11)12/h2-4,11-12H,5H2,1H3. The van der Waals surface area contributed by atoms with Crippen LogP contribution in [0.5, 0.6) is 5.75 Å². The van der Waals surface area contributed by atoms with Gasteiger partial charge in [0, 0.05) is 5.46 Å². The van der Waals surface area contributed by atoms with Crippen molar-refractivity contribution in [2.24, 2.45) is 0 Å². The number of thioether (sulfide) groups is 1. The second-order valence-electron chi connectivity index (χ2n) is 2.61. The largest absolute Gasteiger partial charge is 0.492 e. The van der Waals surface area contributed by atoms with Gasteiger partial charge in [-0.2, -0.15) is 0 Å². The maximum Gasteiger partial charge on any atom is 0.492 e. The van der Waals surface area contributed by atoms with E-state index in [1.165, 1.54) is 23.9 Å². The van der Waals surface area contributed by atoms with Gasteiger partial charge in [-0.1, -0.05) is 0 Å². The van der Waals surface area contributed by atoms with Crippen LogP contribution in [0.2, 0.25) is 0 Å². The van der Waals surface area contributed by atoms with E-state index in [0.717, 1.165) is 6.07 Å². The number of rotatable bonds is 4. The zero-order valence-corrected chi connectivity index (χ0v) is 8.42. The third kappa shape index (κ3) is 2.90. The van der Waals surface area contributed by atoms with Crippen LogP contribution in [0.3, 0.4) is 0 Å². The molecule has 0 amide bonds. The van der Waals surface area contributed by atoms with Gasteiger partial charge in [0.15, 0.2) is 0 Å². The molecule has 0 saturated heterocycles. The van der Waals surface area contributed by atoms with Gasteiger partial charge in [-0.3, -0.25) is 0 Å². The fourth-order valence-electron chi connectivity index (χ4n) is 0.975. The van der Waals surface area contributed by atoms with Gasteiger partial charge in [-0.05, 0) is 24.5 Å². The fourth-order valence-corrected chi connectivity index (χ4v) is 1.22. The smallest absolute Gasteiger partial charge is 0.483 e. The summed E-state index contributed by atoms with van der Waals surface area (Å²) in [6.07, 6.45) is 1.85. The first-order valence-corrected chi connectivity index (χ1v) is 5.32. The molecule has 1 rings (SSSR count). The quantitative estimate of drug-likeness (QED) is 0.557. The molecule has 0 fully saturated rings. The SMILES string of the molecule is CSCOc1ccc(F)cc1B(O)O. The first-order valence-electron chi connectivity index (χ1n) is 3.92. The summed E-state index contributed by atoms with van der Waals surface area (Å²) in [6.45, 7) is 0. The molecule has 3 nitrogen and oxygen atoms in total. The second-order valence-corrected chi connectivity index (χ2v) is 3.42.